The standard InChI is InChI=1S/C14H22N2O4S2/c1-12-5-4-10-16(11-12)22(19,20)14-8-6-13(7-9-14)21(17,18)15(2)3/h6-9,12H,4-5,10-11H2,1-3H3. The monoisotopic (exact) mass is 346 g/mol. The molecule has 0 spiro atoms. The summed E-state index contributed by atoms with van der Waals surface area (Å²) in [6.07, 6.45) is 1.89. The lowest BCUT2D eigenvalue weighted by Gasteiger charge is -2.30. The Bertz CT molecular complexity index is 725. The van der Waals surface area contributed by atoms with Crippen molar-refractivity contribution in [3.05, 3.63) is 24.3 Å². The van der Waals surface area contributed by atoms with Crippen molar-refractivity contribution in [1.29, 1.82) is 0 Å². The third-order valence-corrected chi connectivity index (χ3v) is 7.57. The van der Waals surface area contributed by atoms with Gasteiger partial charge in [-0.25, -0.2) is 21.1 Å². The molecule has 22 heavy (non-hydrogen) atoms. The van der Waals surface area contributed by atoms with Crippen LogP contribution in [0.3, 0.4) is 0 Å². The lowest BCUT2D eigenvalue weighted by Crippen LogP contribution is -2.39. The van der Waals surface area contributed by atoms with E-state index in [1.54, 1.807) is 0 Å². The second-order valence-electron chi connectivity index (χ2n) is 5.87. The fourth-order valence-corrected chi connectivity index (χ4v) is 5.01. The summed E-state index contributed by atoms with van der Waals surface area (Å²) >= 11 is 0. The van der Waals surface area contributed by atoms with Crippen molar-refractivity contribution in [2.45, 2.75) is 29.6 Å². The van der Waals surface area contributed by atoms with E-state index in [2.05, 4.69) is 0 Å². The van der Waals surface area contributed by atoms with Crippen molar-refractivity contribution in [2.24, 2.45) is 5.92 Å². The number of sulfonamides is 2. The molecule has 0 aliphatic carbocycles. The van der Waals surface area contributed by atoms with Crippen LogP contribution in [0.4, 0.5) is 0 Å². The van der Waals surface area contributed by atoms with Gasteiger partial charge in [-0.2, -0.15) is 4.31 Å². The zero-order chi connectivity index (χ0) is 16.5. The number of rotatable bonds is 4. The molecule has 0 radical (unpaired) electrons. The molecular weight excluding hydrogens is 324 g/mol. The first-order valence-electron chi connectivity index (χ1n) is 7.18. The number of hydrogen-bond donors (Lipinski definition) is 0. The van der Waals surface area contributed by atoms with Crippen molar-refractivity contribution in [1.82, 2.24) is 8.61 Å². The molecule has 124 valence electrons. The molecule has 1 atom stereocenters. The topological polar surface area (TPSA) is 74.8 Å². The van der Waals surface area contributed by atoms with E-state index >= 15 is 0 Å². The summed E-state index contributed by atoms with van der Waals surface area (Å²) in [6.45, 7) is 3.07. The molecule has 1 aliphatic heterocycles. The molecule has 1 aliphatic rings. The van der Waals surface area contributed by atoms with E-state index in [1.807, 2.05) is 6.92 Å². The van der Waals surface area contributed by atoms with Gasteiger partial charge in [0.25, 0.3) is 0 Å². The minimum Gasteiger partial charge on any atom is -0.207 e. The number of piperidine rings is 1. The van der Waals surface area contributed by atoms with Crippen molar-refractivity contribution >= 4 is 20.0 Å². The normalized spacial score (nSPS) is 21.2. The Morgan fingerprint density at radius 2 is 1.59 bits per heavy atom. The average molecular weight is 346 g/mol. The lowest BCUT2D eigenvalue weighted by molar-refractivity contribution is 0.281. The molecule has 0 saturated carbocycles. The Kier molecular flexibility index (Phi) is 4.96. The SMILES string of the molecule is CC1CCCN(S(=O)(=O)c2ccc(S(=O)(=O)N(C)C)cc2)C1. The summed E-state index contributed by atoms with van der Waals surface area (Å²) in [5.41, 5.74) is 0. The highest BCUT2D eigenvalue weighted by Crippen LogP contribution is 2.24. The quantitative estimate of drug-likeness (QED) is 0.825. The van der Waals surface area contributed by atoms with Crippen LogP contribution in [0.15, 0.2) is 34.1 Å². The molecule has 1 heterocycles. The summed E-state index contributed by atoms with van der Waals surface area (Å²) in [4.78, 5) is 0.225. The second-order valence-corrected chi connectivity index (χ2v) is 9.96. The number of nitrogens with zero attached hydrogens (tertiary/aromatic N) is 2. The maximum Gasteiger partial charge on any atom is 0.243 e. The van der Waals surface area contributed by atoms with Crippen molar-refractivity contribution < 1.29 is 16.8 Å². The van der Waals surface area contributed by atoms with Gasteiger partial charge in [0.15, 0.2) is 0 Å². The Morgan fingerprint density at radius 3 is 2.09 bits per heavy atom. The van der Waals surface area contributed by atoms with Gasteiger partial charge >= 0.3 is 0 Å². The highest BCUT2D eigenvalue weighted by atomic mass is 32.2. The Hall–Kier alpha value is -0.960. The molecule has 0 bridgehead atoms. The highest BCUT2D eigenvalue weighted by Gasteiger charge is 2.29. The Labute approximate surface area is 132 Å². The fourth-order valence-electron chi connectivity index (χ4n) is 2.51. The minimum absolute atomic E-state index is 0.0865. The molecule has 6 nitrogen and oxygen atoms in total. The summed E-state index contributed by atoms with van der Waals surface area (Å²) in [5, 5.41) is 0. The fraction of sp³-hybridized carbons (Fsp3) is 0.571. The van der Waals surface area contributed by atoms with E-state index in [9.17, 15) is 16.8 Å². The molecule has 0 amide bonds. The van der Waals surface area contributed by atoms with Crippen molar-refractivity contribution in [3.63, 3.8) is 0 Å². The summed E-state index contributed by atoms with van der Waals surface area (Å²) in [6, 6.07) is 5.42. The van der Waals surface area contributed by atoms with E-state index < -0.39 is 20.0 Å². The molecule has 1 saturated heterocycles. The van der Waals surface area contributed by atoms with Crippen LogP contribution in [0.2, 0.25) is 0 Å². The minimum atomic E-state index is -3.55. The number of hydrogen-bond acceptors (Lipinski definition) is 4. The zero-order valence-electron chi connectivity index (χ0n) is 13.1. The second kappa shape index (κ2) is 6.27. The zero-order valence-corrected chi connectivity index (χ0v) is 14.7. The van der Waals surface area contributed by atoms with Crippen LogP contribution in [0, 0.1) is 5.92 Å². The molecule has 0 aromatic heterocycles. The molecule has 1 aromatic rings. The van der Waals surface area contributed by atoms with Gasteiger partial charge in [0.1, 0.15) is 0 Å². The van der Waals surface area contributed by atoms with Gasteiger partial charge in [0.2, 0.25) is 20.0 Å². The Morgan fingerprint density at radius 1 is 1.05 bits per heavy atom. The van der Waals surface area contributed by atoms with Crippen LogP contribution >= 0.6 is 0 Å². The van der Waals surface area contributed by atoms with Gasteiger partial charge in [-0.1, -0.05) is 6.92 Å². The maximum atomic E-state index is 12.6. The highest BCUT2D eigenvalue weighted by molar-refractivity contribution is 7.89. The molecule has 0 N–H and O–H groups in total. The first-order chi connectivity index (χ1) is 10.2. The molecule has 1 fully saturated rings. The van der Waals surface area contributed by atoms with Gasteiger partial charge in [-0.05, 0) is 43.0 Å². The predicted molar refractivity (Wildman–Crippen MR) is 84.5 cm³/mol. The third-order valence-electron chi connectivity index (χ3n) is 3.86. The van der Waals surface area contributed by atoms with E-state index in [1.165, 1.54) is 42.7 Å². The van der Waals surface area contributed by atoms with E-state index in [4.69, 9.17) is 0 Å². The van der Waals surface area contributed by atoms with E-state index in [0.717, 1.165) is 17.1 Å². The van der Waals surface area contributed by atoms with Crippen molar-refractivity contribution in [2.75, 3.05) is 27.2 Å². The van der Waals surface area contributed by atoms with Gasteiger partial charge < -0.3 is 0 Å². The van der Waals surface area contributed by atoms with Crippen LogP contribution in [-0.4, -0.2) is 52.6 Å². The van der Waals surface area contributed by atoms with Gasteiger partial charge in [-0.3, -0.25) is 0 Å². The first-order valence-corrected chi connectivity index (χ1v) is 10.1. The summed E-state index contributed by atoms with van der Waals surface area (Å²) in [5.74, 6) is 0.344. The predicted octanol–water partition coefficient (Wildman–Crippen LogP) is 1.36. The maximum absolute atomic E-state index is 12.6. The Balaban J connectivity index is 2.30. The van der Waals surface area contributed by atoms with Gasteiger partial charge in [0.05, 0.1) is 9.79 Å². The average Bonchev–Trinajstić information content (AvgIpc) is 2.47. The smallest absolute Gasteiger partial charge is 0.207 e. The lowest BCUT2D eigenvalue weighted by atomic mass is 10.0. The molecule has 1 aromatic carbocycles. The van der Waals surface area contributed by atoms with E-state index in [-0.39, 0.29) is 9.79 Å². The summed E-state index contributed by atoms with van der Waals surface area (Å²) in [7, 11) is -4.22. The van der Waals surface area contributed by atoms with Gasteiger partial charge in [0, 0.05) is 27.2 Å². The van der Waals surface area contributed by atoms with Gasteiger partial charge in [-0.15, -0.1) is 0 Å². The molecule has 8 heteroatoms. The number of benzene rings is 1. The third kappa shape index (κ3) is 3.34. The first kappa shape index (κ1) is 17.4. The summed E-state index contributed by atoms with van der Waals surface area (Å²) < 4.78 is 51.8. The van der Waals surface area contributed by atoms with E-state index in [0.29, 0.717) is 19.0 Å². The van der Waals surface area contributed by atoms with Crippen LogP contribution in [0.1, 0.15) is 19.8 Å². The van der Waals surface area contributed by atoms with Crippen LogP contribution in [-0.2, 0) is 20.0 Å². The molecule has 2 rings (SSSR count). The largest absolute Gasteiger partial charge is 0.243 e. The van der Waals surface area contributed by atoms with Crippen LogP contribution in [0.5, 0.6) is 0 Å². The van der Waals surface area contributed by atoms with Crippen LogP contribution < -0.4 is 0 Å². The van der Waals surface area contributed by atoms with Crippen molar-refractivity contribution in [3.8, 4) is 0 Å². The molecular formula is C14H22N2O4S2. The molecule has 1 unspecified atom stereocenters. The van der Waals surface area contributed by atoms with Crippen LogP contribution in [0.25, 0.3) is 0 Å².